The molecule has 5 nitrogen and oxygen atoms in total. The lowest BCUT2D eigenvalue weighted by atomic mass is 9.96. The zero-order chi connectivity index (χ0) is 15.4. The van der Waals surface area contributed by atoms with Crippen molar-refractivity contribution in [3.63, 3.8) is 0 Å². The van der Waals surface area contributed by atoms with Crippen molar-refractivity contribution in [2.75, 3.05) is 18.8 Å². The molecular weight excluding hydrogens is 334 g/mol. The third-order valence-corrected chi connectivity index (χ3v) is 4.36. The van der Waals surface area contributed by atoms with Gasteiger partial charge in [-0.2, -0.15) is 0 Å². The van der Waals surface area contributed by atoms with E-state index in [9.17, 15) is 9.59 Å². The molecule has 6 heteroatoms. The maximum Gasteiger partial charge on any atom is 0.223 e. The van der Waals surface area contributed by atoms with Crippen LogP contribution in [0.1, 0.15) is 25.3 Å². The molecule has 114 valence electrons. The molecule has 0 atom stereocenters. The number of piperidine rings is 1. The predicted molar refractivity (Wildman–Crippen MR) is 85.4 cm³/mol. The summed E-state index contributed by atoms with van der Waals surface area (Å²) in [6.45, 7) is 3.31. The van der Waals surface area contributed by atoms with E-state index in [0.29, 0.717) is 25.3 Å². The summed E-state index contributed by atoms with van der Waals surface area (Å²) in [4.78, 5) is 25.2. The Bertz CT molecular complexity index is 540. The number of anilines is 1. The molecule has 0 aromatic heterocycles. The largest absolute Gasteiger partial charge is 0.398 e. The fraction of sp³-hybridized carbons (Fsp3) is 0.467. The van der Waals surface area contributed by atoms with Gasteiger partial charge in [0.05, 0.1) is 0 Å². The number of nitrogens with zero attached hydrogens (tertiary/aromatic N) is 1. The summed E-state index contributed by atoms with van der Waals surface area (Å²) in [6.07, 6.45) is 1.44. The van der Waals surface area contributed by atoms with Crippen LogP contribution >= 0.6 is 15.9 Å². The Morgan fingerprint density at radius 1 is 1.38 bits per heavy atom. The van der Waals surface area contributed by atoms with Crippen molar-refractivity contribution in [1.82, 2.24) is 10.2 Å². The Balaban J connectivity index is 1.85. The van der Waals surface area contributed by atoms with E-state index in [1.807, 2.05) is 18.2 Å². The number of amides is 2. The van der Waals surface area contributed by atoms with E-state index in [4.69, 9.17) is 5.73 Å². The summed E-state index contributed by atoms with van der Waals surface area (Å²) in [5, 5.41) is 2.94. The van der Waals surface area contributed by atoms with Crippen molar-refractivity contribution in [3.05, 3.63) is 28.2 Å². The van der Waals surface area contributed by atoms with Crippen molar-refractivity contribution in [3.8, 4) is 0 Å². The Hall–Kier alpha value is -1.56. The molecule has 1 aromatic carbocycles. The standard InChI is InChI=1S/C15H20BrN3O2/c1-10(20)19-6-4-11(5-7-19)15(21)18-9-12-8-13(16)2-3-14(12)17/h2-3,8,11H,4-7,9,17H2,1H3,(H,18,21). The minimum absolute atomic E-state index is 0.0195. The van der Waals surface area contributed by atoms with E-state index in [-0.39, 0.29) is 17.7 Å². The fourth-order valence-electron chi connectivity index (χ4n) is 2.51. The van der Waals surface area contributed by atoms with Crippen LogP contribution in [-0.2, 0) is 16.1 Å². The third kappa shape index (κ3) is 4.20. The van der Waals surface area contributed by atoms with E-state index in [2.05, 4.69) is 21.2 Å². The normalized spacial score (nSPS) is 15.8. The van der Waals surface area contributed by atoms with Crippen LogP contribution in [0.3, 0.4) is 0 Å². The molecular formula is C15H20BrN3O2. The van der Waals surface area contributed by atoms with Gasteiger partial charge in [-0.15, -0.1) is 0 Å². The molecule has 0 aliphatic carbocycles. The molecule has 2 rings (SSSR count). The molecule has 21 heavy (non-hydrogen) atoms. The minimum Gasteiger partial charge on any atom is -0.398 e. The van der Waals surface area contributed by atoms with Gasteiger partial charge in [-0.25, -0.2) is 0 Å². The second-order valence-electron chi connectivity index (χ2n) is 5.34. The van der Waals surface area contributed by atoms with Gasteiger partial charge in [0, 0.05) is 42.6 Å². The van der Waals surface area contributed by atoms with Gasteiger partial charge in [0.1, 0.15) is 0 Å². The van der Waals surface area contributed by atoms with E-state index in [0.717, 1.165) is 22.9 Å². The second kappa shape index (κ2) is 6.93. The minimum atomic E-state index is -0.0195. The van der Waals surface area contributed by atoms with Crippen molar-refractivity contribution >= 4 is 33.4 Å². The summed E-state index contributed by atoms with van der Waals surface area (Å²) in [7, 11) is 0. The van der Waals surface area contributed by atoms with Crippen molar-refractivity contribution in [2.24, 2.45) is 5.92 Å². The quantitative estimate of drug-likeness (QED) is 0.815. The summed E-state index contributed by atoms with van der Waals surface area (Å²) in [6, 6.07) is 5.60. The first kappa shape index (κ1) is 15.8. The molecule has 1 saturated heterocycles. The Labute approximate surface area is 133 Å². The molecule has 2 amide bonds. The first-order valence-electron chi connectivity index (χ1n) is 7.04. The van der Waals surface area contributed by atoms with Gasteiger partial charge in [0.2, 0.25) is 11.8 Å². The van der Waals surface area contributed by atoms with Crippen LogP contribution in [0.5, 0.6) is 0 Å². The lowest BCUT2D eigenvalue weighted by Gasteiger charge is -2.30. The van der Waals surface area contributed by atoms with E-state index < -0.39 is 0 Å². The summed E-state index contributed by atoms with van der Waals surface area (Å²) in [5.41, 5.74) is 7.46. The molecule has 1 aromatic rings. The maximum absolute atomic E-state index is 12.2. The number of nitrogen functional groups attached to an aromatic ring is 1. The lowest BCUT2D eigenvalue weighted by molar-refractivity contribution is -0.134. The number of nitrogens with two attached hydrogens (primary N) is 1. The number of hydrogen-bond acceptors (Lipinski definition) is 3. The highest BCUT2D eigenvalue weighted by atomic mass is 79.9. The highest BCUT2D eigenvalue weighted by Gasteiger charge is 2.25. The Kier molecular flexibility index (Phi) is 5.22. The summed E-state index contributed by atoms with van der Waals surface area (Å²) in [5.74, 6) is 0.0994. The van der Waals surface area contributed by atoms with Gasteiger partial charge in [0.15, 0.2) is 0 Å². The van der Waals surface area contributed by atoms with Gasteiger partial charge in [-0.05, 0) is 36.6 Å². The number of carbonyl (C=O) groups excluding carboxylic acids is 2. The van der Waals surface area contributed by atoms with Crippen molar-refractivity contribution in [2.45, 2.75) is 26.3 Å². The molecule has 0 saturated carbocycles. The highest BCUT2D eigenvalue weighted by molar-refractivity contribution is 9.10. The van der Waals surface area contributed by atoms with E-state index in [1.165, 1.54) is 0 Å². The zero-order valence-corrected chi connectivity index (χ0v) is 13.6. The SMILES string of the molecule is CC(=O)N1CCC(C(=O)NCc2cc(Br)ccc2N)CC1. The number of benzene rings is 1. The van der Waals surface area contributed by atoms with Crippen molar-refractivity contribution in [1.29, 1.82) is 0 Å². The zero-order valence-electron chi connectivity index (χ0n) is 12.1. The van der Waals surface area contributed by atoms with Crippen LogP contribution in [0, 0.1) is 5.92 Å². The number of rotatable bonds is 3. The second-order valence-corrected chi connectivity index (χ2v) is 6.26. The van der Waals surface area contributed by atoms with Gasteiger partial charge in [0.25, 0.3) is 0 Å². The first-order valence-corrected chi connectivity index (χ1v) is 7.84. The van der Waals surface area contributed by atoms with Gasteiger partial charge >= 0.3 is 0 Å². The van der Waals surface area contributed by atoms with Crippen LogP contribution in [0.15, 0.2) is 22.7 Å². The molecule has 0 unspecified atom stereocenters. The summed E-state index contributed by atoms with van der Waals surface area (Å²) < 4.78 is 0.940. The highest BCUT2D eigenvalue weighted by Crippen LogP contribution is 2.20. The van der Waals surface area contributed by atoms with Crippen LogP contribution in [0.25, 0.3) is 0 Å². The average Bonchev–Trinajstić information content (AvgIpc) is 2.48. The van der Waals surface area contributed by atoms with Gasteiger partial charge in [-0.3, -0.25) is 9.59 Å². The van der Waals surface area contributed by atoms with Crippen LogP contribution < -0.4 is 11.1 Å². The van der Waals surface area contributed by atoms with Gasteiger partial charge in [-0.1, -0.05) is 15.9 Å². The fourth-order valence-corrected chi connectivity index (χ4v) is 2.92. The Morgan fingerprint density at radius 3 is 2.67 bits per heavy atom. The first-order chi connectivity index (χ1) is 9.97. The third-order valence-electron chi connectivity index (χ3n) is 3.87. The van der Waals surface area contributed by atoms with Crippen LogP contribution in [-0.4, -0.2) is 29.8 Å². The molecule has 1 aliphatic heterocycles. The molecule has 1 fully saturated rings. The topological polar surface area (TPSA) is 75.4 Å². The van der Waals surface area contributed by atoms with E-state index >= 15 is 0 Å². The van der Waals surface area contributed by atoms with E-state index in [1.54, 1.807) is 11.8 Å². The summed E-state index contributed by atoms with van der Waals surface area (Å²) >= 11 is 3.39. The smallest absolute Gasteiger partial charge is 0.223 e. The molecule has 0 radical (unpaired) electrons. The monoisotopic (exact) mass is 353 g/mol. The number of nitrogens with one attached hydrogen (secondary N) is 1. The number of carbonyl (C=O) groups is 2. The lowest BCUT2D eigenvalue weighted by Crippen LogP contribution is -2.42. The number of halogens is 1. The maximum atomic E-state index is 12.2. The average molecular weight is 354 g/mol. The van der Waals surface area contributed by atoms with Gasteiger partial charge < -0.3 is 16.0 Å². The molecule has 3 N–H and O–H groups in total. The van der Waals surface area contributed by atoms with Crippen LogP contribution in [0.2, 0.25) is 0 Å². The molecule has 1 aliphatic rings. The number of hydrogen-bond donors (Lipinski definition) is 2. The predicted octanol–water partition coefficient (Wildman–Crippen LogP) is 1.91. The molecule has 0 spiro atoms. The van der Waals surface area contributed by atoms with Crippen LogP contribution in [0.4, 0.5) is 5.69 Å². The number of likely N-dealkylation sites (tertiary alicyclic amines) is 1. The Morgan fingerprint density at radius 2 is 2.05 bits per heavy atom. The molecule has 0 bridgehead atoms. The molecule has 1 heterocycles. The van der Waals surface area contributed by atoms with Crippen molar-refractivity contribution < 1.29 is 9.59 Å².